The molecule has 29 heavy (non-hydrogen) atoms. The lowest BCUT2D eigenvalue weighted by Gasteiger charge is -2.35. The third-order valence-corrected chi connectivity index (χ3v) is 6.46. The Morgan fingerprint density at radius 2 is 1.69 bits per heavy atom. The Morgan fingerprint density at radius 1 is 1.07 bits per heavy atom. The second-order valence-corrected chi connectivity index (χ2v) is 8.75. The van der Waals surface area contributed by atoms with Gasteiger partial charge in [0, 0.05) is 48.1 Å². The van der Waals surface area contributed by atoms with Crippen LogP contribution in [0.5, 0.6) is 0 Å². The molecule has 1 aliphatic heterocycles. The SMILES string of the molecule is Cc1noc(C)c1CC(=O)N1CCN(C(=O)CCCSc2ccc(Cl)cc2)CC1. The van der Waals surface area contributed by atoms with Crippen molar-refractivity contribution in [2.45, 2.75) is 38.0 Å². The molecule has 1 saturated heterocycles. The Bertz CT molecular complexity index is 826. The average molecular weight is 436 g/mol. The zero-order valence-corrected chi connectivity index (χ0v) is 18.4. The van der Waals surface area contributed by atoms with E-state index >= 15 is 0 Å². The molecule has 8 heteroatoms. The number of piperazine rings is 1. The van der Waals surface area contributed by atoms with Crippen LogP contribution in [0.3, 0.4) is 0 Å². The number of hydrogen-bond acceptors (Lipinski definition) is 5. The van der Waals surface area contributed by atoms with Gasteiger partial charge in [-0.2, -0.15) is 0 Å². The number of nitrogens with zero attached hydrogens (tertiary/aromatic N) is 3. The fourth-order valence-electron chi connectivity index (χ4n) is 3.32. The minimum Gasteiger partial charge on any atom is -0.361 e. The van der Waals surface area contributed by atoms with Crippen LogP contribution in [0.15, 0.2) is 33.7 Å². The van der Waals surface area contributed by atoms with Crippen LogP contribution in [0.4, 0.5) is 0 Å². The van der Waals surface area contributed by atoms with E-state index in [9.17, 15) is 9.59 Å². The Balaban J connectivity index is 1.36. The van der Waals surface area contributed by atoms with E-state index in [0.717, 1.165) is 33.3 Å². The second kappa shape index (κ2) is 10.2. The number of carbonyl (C=O) groups excluding carboxylic acids is 2. The summed E-state index contributed by atoms with van der Waals surface area (Å²) in [5.41, 5.74) is 1.63. The molecule has 2 heterocycles. The van der Waals surface area contributed by atoms with E-state index in [2.05, 4.69) is 5.16 Å². The molecular formula is C21H26ClN3O3S. The predicted molar refractivity (Wildman–Crippen MR) is 114 cm³/mol. The van der Waals surface area contributed by atoms with Gasteiger partial charge in [-0.3, -0.25) is 9.59 Å². The van der Waals surface area contributed by atoms with Gasteiger partial charge < -0.3 is 14.3 Å². The number of halogens is 1. The molecule has 0 spiro atoms. The molecule has 3 rings (SSSR count). The number of aryl methyl sites for hydroxylation is 2. The van der Waals surface area contributed by atoms with E-state index in [1.54, 1.807) is 11.8 Å². The molecule has 0 unspecified atom stereocenters. The van der Waals surface area contributed by atoms with Gasteiger partial charge in [0.25, 0.3) is 0 Å². The van der Waals surface area contributed by atoms with Crippen molar-refractivity contribution < 1.29 is 14.1 Å². The van der Waals surface area contributed by atoms with Crippen LogP contribution < -0.4 is 0 Å². The molecule has 2 amide bonds. The number of hydrogen-bond donors (Lipinski definition) is 0. The number of benzene rings is 1. The minimum absolute atomic E-state index is 0.0610. The van der Waals surface area contributed by atoms with Crippen molar-refractivity contribution in [3.8, 4) is 0 Å². The molecule has 0 radical (unpaired) electrons. The smallest absolute Gasteiger partial charge is 0.227 e. The van der Waals surface area contributed by atoms with Crippen LogP contribution in [0, 0.1) is 13.8 Å². The van der Waals surface area contributed by atoms with Gasteiger partial charge in [0.15, 0.2) is 0 Å². The zero-order chi connectivity index (χ0) is 20.8. The largest absolute Gasteiger partial charge is 0.361 e. The summed E-state index contributed by atoms with van der Waals surface area (Å²) in [6, 6.07) is 7.74. The maximum atomic E-state index is 12.6. The zero-order valence-electron chi connectivity index (χ0n) is 16.8. The van der Waals surface area contributed by atoms with Crippen molar-refractivity contribution >= 4 is 35.2 Å². The van der Waals surface area contributed by atoms with Crippen LogP contribution >= 0.6 is 23.4 Å². The normalized spacial score (nSPS) is 14.3. The molecule has 0 saturated carbocycles. The summed E-state index contributed by atoms with van der Waals surface area (Å²) >= 11 is 7.62. The topological polar surface area (TPSA) is 66.7 Å². The second-order valence-electron chi connectivity index (χ2n) is 7.15. The number of aromatic nitrogens is 1. The lowest BCUT2D eigenvalue weighted by atomic mass is 10.1. The van der Waals surface area contributed by atoms with Crippen LogP contribution in [0.25, 0.3) is 0 Å². The standard InChI is InChI=1S/C21H26ClN3O3S/c1-15-19(16(2)28-23-15)14-21(27)25-11-9-24(10-12-25)20(26)4-3-13-29-18-7-5-17(22)6-8-18/h5-8H,3-4,9-14H2,1-2H3. The first kappa shape index (κ1) is 21.7. The van der Waals surface area contributed by atoms with Gasteiger partial charge in [-0.1, -0.05) is 16.8 Å². The third kappa shape index (κ3) is 6.00. The van der Waals surface area contributed by atoms with Gasteiger partial charge in [-0.05, 0) is 50.3 Å². The monoisotopic (exact) mass is 435 g/mol. The Labute approximate surface area is 180 Å². The van der Waals surface area contributed by atoms with E-state index in [1.165, 1.54) is 0 Å². The molecule has 1 aliphatic rings. The quantitative estimate of drug-likeness (QED) is 0.489. The number of carbonyl (C=O) groups is 2. The van der Waals surface area contributed by atoms with Crippen molar-refractivity contribution in [2.24, 2.45) is 0 Å². The first-order chi connectivity index (χ1) is 13.9. The summed E-state index contributed by atoms with van der Waals surface area (Å²) in [6.45, 7) is 6.01. The molecule has 0 bridgehead atoms. The lowest BCUT2D eigenvalue weighted by molar-refractivity contribution is -0.139. The fourth-order valence-corrected chi connectivity index (χ4v) is 4.30. The fraction of sp³-hybridized carbons (Fsp3) is 0.476. The molecule has 1 aromatic heterocycles. The molecular weight excluding hydrogens is 410 g/mol. The van der Waals surface area contributed by atoms with Gasteiger partial charge in [0.1, 0.15) is 5.76 Å². The summed E-state index contributed by atoms with van der Waals surface area (Å²) < 4.78 is 5.13. The first-order valence-electron chi connectivity index (χ1n) is 9.79. The summed E-state index contributed by atoms with van der Waals surface area (Å²) in [7, 11) is 0. The summed E-state index contributed by atoms with van der Waals surface area (Å²) in [6.07, 6.45) is 1.67. The van der Waals surface area contributed by atoms with E-state index in [1.807, 2.05) is 47.9 Å². The maximum absolute atomic E-state index is 12.6. The highest BCUT2D eigenvalue weighted by Crippen LogP contribution is 2.21. The molecule has 0 aliphatic carbocycles. The van der Waals surface area contributed by atoms with E-state index in [-0.39, 0.29) is 11.8 Å². The van der Waals surface area contributed by atoms with Crippen molar-refractivity contribution in [3.05, 3.63) is 46.3 Å². The van der Waals surface area contributed by atoms with Crippen LogP contribution in [0.2, 0.25) is 5.02 Å². The highest BCUT2D eigenvalue weighted by molar-refractivity contribution is 7.99. The Kier molecular flexibility index (Phi) is 7.61. The highest BCUT2D eigenvalue weighted by atomic mass is 35.5. The van der Waals surface area contributed by atoms with Crippen LogP contribution in [0.1, 0.15) is 29.9 Å². The Morgan fingerprint density at radius 3 is 2.28 bits per heavy atom. The van der Waals surface area contributed by atoms with Gasteiger partial charge in [0.2, 0.25) is 11.8 Å². The molecule has 1 aromatic carbocycles. The average Bonchev–Trinajstić information content (AvgIpc) is 3.04. The van der Waals surface area contributed by atoms with Gasteiger partial charge >= 0.3 is 0 Å². The molecule has 156 valence electrons. The molecule has 0 N–H and O–H groups in total. The highest BCUT2D eigenvalue weighted by Gasteiger charge is 2.25. The van der Waals surface area contributed by atoms with E-state index < -0.39 is 0 Å². The number of thioether (sulfide) groups is 1. The summed E-state index contributed by atoms with van der Waals surface area (Å²) in [5.74, 6) is 1.81. The van der Waals surface area contributed by atoms with Crippen LogP contribution in [-0.2, 0) is 16.0 Å². The van der Waals surface area contributed by atoms with Crippen molar-refractivity contribution in [1.82, 2.24) is 15.0 Å². The Hall–Kier alpha value is -1.99. The van der Waals surface area contributed by atoms with Crippen molar-refractivity contribution in [1.29, 1.82) is 0 Å². The van der Waals surface area contributed by atoms with Crippen molar-refractivity contribution in [3.63, 3.8) is 0 Å². The van der Waals surface area contributed by atoms with Crippen LogP contribution in [-0.4, -0.2) is 58.7 Å². The van der Waals surface area contributed by atoms with Gasteiger partial charge in [0.05, 0.1) is 12.1 Å². The molecule has 2 aromatic rings. The summed E-state index contributed by atoms with van der Waals surface area (Å²) in [4.78, 5) is 29.9. The molecule has 0 atom stereocenters. The number of rotatable bonds is 7. The first-order valence-corrected chi connectivity index (χ1v) is 11.2. The third-order valence-electron chi connectivity index (χ3n) is 5.11. The molecule has 6 nitrogen and oxygen atoms in total. The van der Waals surface area contributed by atoms with E-state index in [0.29, 0.717) is 44.8 Å². The summed E-state index contributed by atoms with van der Waals surface area (Å²) in [5, 5.41) is 4.63. The predicted octanol–water partition coefficient (Wildman–Crippen LogP) is 3.73. The van der Waals surface area contributed by atoms with E-state index in [4.69, 9.17) is 16.1 Å². The van der Waals surface area contributed by atoms with Crippen molar-refractivity contribution in [2.75, 3.05) is 31.9 Å². The lowest BCUT2D eigenvalue weighted by Crippen LogP contribution is -2.51. The maximum Gasteiger partial charge on any atom is 0.227 e. The molecule has 1 fully saturated rings. The van der Waals surface area contributed by atoms with Gasteiger partial charge in [-0.15, -0.1) is 11.8 Å². The van der Waals surface area contributed by atoms with Gasteiger partial charge in [-0.25, -0.2) is 0 Å². The minimum atomic E-state index is 0.0610. The number of amides is 2.